The van der Waals surface area contributed by atoms with Crippen molar-refractivity contribution in [3.63, 3.8) is 0 Å². The van der Waals surface area contributed by atoms with E-state index in [0.717, 1.165) is 29.9 Å². The predicted octanol–water partition coefficient (Wildman–Crippen LogP) is 2.08. The third-order valence-electron chi connectivity index (χ3n) is 2.51. The number of anilines is 1. The van der Waals surface area contributed by atoms with Crippen LogP contribution in [0.2, 0.25) is 0 Å². The van der Waals surface area contributed by atoms with Crippen LogP contribution in [0.5, 0.6) is 0 Å². The van der Waals surface area contributed by atoms with E-state index in [1.54, 1.807) is 19.2 Å². The van der Waals surface area contributed by atoms with Crippen LogP contribution in [0.4, 0.5) is 5.69 Å². The summed E-state index contributed by atoms with van der Waals surface area (Å²) in [6, 6.07) is -0.342. The van der Waals surface area contributed by atoms with Crippen LogP contribution >= 0.6 is 11.3 Å². The molecule has 0 aliphatic heterocycles. The first-order chi connectivity index (χ1) is 8.47. The van der Waals surface area contributed by atoms with Gasteiger partial charge in [-0.3, -0.25) is 4.79 Å². The molecule has 0 radical (unpaired) electrons. The zero-order valence-corrected chi connectivity index (χ0v) is 11.6. The summed E-state index contributed by atoms with van der Waals surface area (Å²) < 4.78 is 0. The quantitative estimate of drug-likeness (QED) is 0.739. The van der Waals surface area contributed by atoms with E-state index < -0.39 is 5.97 Å². The lowest BCUT2D eigenvalue weighted by Gasteiger charge is -2.13. The fourth-order valence-corrected chi connectivity index (χ4v) is 2.29. The fourth-order valence-electron chi connectivity index (χ4n) is 1.44. The second kappa shape index (κ2) is 6.51. The van der Waals surface area contributed by atoms with E-state index in [2.05, 4.69) is 10.6 Å². The molecule has 0 unspecified atom stereocenters. The van der Waals surface area contributed by atoms with Crippen LogP contribution in [0.3, 0.4) is 0 Å². The molecule has 5 nitrogen and oxygen atoms in total. The van der Waals surface area contributed by atoms with Gasteiger partial charge in [0.1, 0.15) is 4.88 Å². The number of aryl methyl sites for hydroxylation is 1. The van der Waals surface area contributed by atoms with Gasteiger partial charge < -0.3 is 15.7 Å². The Bertz CT molecular complexity index is 443. The molecule has 18 heavy (non-hydrogen) atoms. The number of nitrogens with one attached hydrogen (secondary N) is 2. The van der Waals surface area contributed by atoms with Gasteiger partial charge in [0.05, 0.1) is 11.7 Å². The van der Waals surface area contributed by atoms with Gasteiger partial charge in [0.2, 0.25) is 5.91 Å². The van der Waals surface area contributed by atoms with Gasteiger partial charge in [-0.25, -0.2) is 4.79 Å². The van der Waals surface area contributed by atoms with Crippen LogP contribution in [0.25, 0.3) is 0 Å². The standard InChI is InChI=1S/C12H18N2O3S/c1-4-5-13-8(3)11(15)14-9-7(2)6-18-10(9)12(16)17/h6,8,13H,4-5H2,1-3H3,(H,14,15)(H,16,17)/t8-/m1/s1. The number of carboxylic acid groups (broad SMARTS) is 1. The molecule has 0 aliphatic carbocycles. The highest BCUT2D eigenvalue weighted by Gasteiger charge is 2.19. The van der Waals surface area contributed by atoms with Crippen molar-refractivity contribution in [2.75, 3.05) is 11.9 Å². The van der Waals surface area contributed by atoms with Crippen LogP contribution in [-0.4, -0.2) is 29.6 Å². The minimum absolute atomic E-state index is 0.170. The molecule has 6 heteroatoms. The molecular formula is C12H18N2O3S. The second-order valence-electron chi connectivity index (χ2n) is 4.09. The average Bonchev–Trinajstić information content (AvgIpc) is 2.68. The molecule has 1 atom stereocenters. The maximum Gasteiger partial charge on any atom is 0.348 e. The van der Waals surface area contributed by atoms with Crippen LogP contribution in [0, 0.1) is 6.92 Å². The van der Waals surface area contributed by atoms with Crippen molar-refractivity contribution in [1.29, 1.82) is 0 Å². The van der Waals surface area contributed by atoms with Crippen LogP contribution in [0.15, 0.2) is 5.38 Å². The lowest BCUT2D eigenvalue weighted by atomic mass is 10.2. The monoisotopic (exact) mass is 270 g/mol. The molecule has 0 aromatic carbocycles. The van der Waals surface area contributed by atoms with Crippen LogP contribution in [-0.2, 0) is 4.79 Å². The Labute approximate surface area is 110 Å². The van der Waals surface area contributed by atoms with Crippen molar-refractivity contribution >= 4 is 28.9 Å². The van der Waals surface area contributed by atoms with E-state index in [4.69, 9.17) is 5.11 Å². The molecule has 1 aromatic heterocycles. The number of carboxylic acids is 1. The lowest BCUT2D eigenvalue weighted by molar-refractivity contribution is -0.117. The van der Waals surface area contributed by atoms with Gasteiger partial charge in [-0.1, -0.05) is 6.92 Å². The van der Waals surface area contributed by atoms with Crippen molar-refractivity contribution in [3.05, 3.63) is 15.8 Å². The average molecular weight is 270 g/mol. The van der Waals surface area contributed by atoms with Crippen molar-refractivity contribution in [2.24, 2.45) is 0 Å². The summed E-state index contributed by atoms with van der Waals surface area (Å²) in [6.07, 6.45) is 0.940. The smallest absolute Gasteiger partial charge is 0.348 e. The molecule has 3 N–H and O–H groups in total. The van der Waals surface area contributed by atoms with Crippen molar-refractivity contribution in [2.45, 2.75) is 33.2 Å². The Morgan fingerprint density at radius 1 is 1.50 bits per heavy atom. The fraction of sp³-hybridized carbons (Fsp3) is 0.500. The Morgan fingerprint density at radius 2 is 2.17 bits per heavy atom. The minimum Gasteiger partial charge on any atom is -0.477 e. The van der Waals surface area contributed by atoms with Gasteiger partial charge in [-0.2, -0.15) is 0 Å². The van der Waals surface area contributed by atoms with Crippen molar-refractivity contribution < 1.29 is 14.7 Å². The maximum atomic E-state index is 11.9. The summed E-state index contributed by atoms with van der Waals surface area (Å²) in [4.78, 5) is 23.1. The molecule has 0 aliphatic rings. The van der Waals surface area contributed by atoms with Crippen molar-refractivity contribution in [3.8, 4) is 0 Å². The highest BCUT2D eigenvalue weighted by atomic mass is 32.1. The van der Waals surface area contributed by atoms with E-state index in [0.29, 0.717) is 5.69 Å². The predicted molar refractivity (Wildman–Crippen MR) is 72.4 cm³/mol. The molecule has 0 bridgehead atoms. The lowest BCUT2D eigenvalue weighted by Crippen LogP contribution is -2.38. The molecule has 0 saturated carbocycles. The normalized spacial score (nSPS) is 12.2. The summed E-state index contributed by atoms with van der Waals surface area (Å²) in [6.45, 7) is 6.31. The topological polar surface area (TPSA) is 78.4 Å². The van der Waals surface area contributed by atoms with Crippen LogP contribution < -0.4 is 10.6 Å². The number of hydrogen-bond donors (Lipinski definition) is 3. The molecule has 1 rings (SSSR count). The first kappa shape index (κ1) is 14.7. The van der Waals surface area contributed by atoms with Gasteiger partial charge in [-0.15, -0.1) is 11.3 Å². The van der Waals surface area contributed by atoms with Gasteiger partial charge in [0, 0.05) is 0 Å². The molecule has 1 amide bonds. The maximum absolute atomic E-state index is 11.9. The van der Waals surface area contributed by atoms with E-state index in [-0.39, 0.29) is 16.8 Å². The Balaban J connectivity index is 2.75. The Hall–Kier alpha value is -1.40. The number of rotatable bonds is 6. The second-order valence-corrected chi connectivity index (χ2v) is 4.97. The first-order valence-electron chi connectivity index (χ1n) is 5.83. The van der Waals surface area contributed by atoms with E-state index in [1.165, 1.54) is 0 Å². The zero-order valence-electron chi connectivity index (χ0n) is 10.7. The number of aromatic carboxylic acids is 1. The van der Waals surface area contributed by atoms with E-state index in [9.17, 15) is 9.59 Å². The SMILES string of the molecule is CCCN[C@H](C)C(=O)Nc1c(C)csc1C(=O)O. The molecule has 100 valence electrons. The van der Waals surface area contributed by atoms with Gasteiger partial charge in [0.25, 0.3) is 0 Å². The summed E-state index contributed by atoms with van der Waals surface area (Å²) in [5, 5.41) is 16.5. The van der Waals surface area contributed by atoms with Gasteiger partial charge >= 0.3 is 5.97 Å². The third kappa shape index (κ3) is 3.54. The van der Waals surface area contributed by atoms with E-state index >= 15 is 0 Å². The Morgan fingerprint density at radius 3 is 2.72 bits per heavy atom. The molecule has 0 fully saturated rings. The van der Waals surface area contributed by atoms with Gasteiger partial charge in [-0.05, 0) is 37.8 Å². The number of carbonyl (C=O) groups excluding carboxylic acids is 1. The largest absolute Gasteiger partial charge is 0.477 e. The van der Waals surface area contributed by atoms with Crippen molar-refractivity contribution in [1.82, 2.24) is 5.32 Å². The molecular weight excluding hydrogens is 252 g/mol. The number of amides is 1. The van der Waals surface area contributed by atoms with Gasteiger partial charge in [0.15, 0.2) is 0 Å². The summed E-state index contributed by atoms with van der Waals surface area (Å²) >= 11 is 1.12. The molecule has 0 saturated heterocycles. The number of thiophene rings is 1. The zero-order chi connectivity index (χ0) is 13.7. The molecule has 1 heterocycles. The Kier molecular flexibility index (Phi) is 5.30. The highest BCUT2D eigenvalue weighted by molar-refractivity contribution is 7.12. The molecule has 0 spiro atoms. The highest BCUT2D eigenvalue weighted by Crippen LogP contribution is 2.27. The van der Waals surface area contributed by atoms with E-state index in [1.807, 2.05) is 6.92 Å². The summed E-state index contributed by atoms with van der Waals surface area (Å²) in [5.74, 6) is -1.23. The summed E-state index contributed by atoms with van der Waals surface area (Å²) in [7, 11) is 0. The number of carbonyl (C=O) groups is 2. The van der Waals surface area contributed by atoms with Crippen LogP contribution in [0.1, 0.15) is 35.5 Å². The summed E-state index contributed by atoms with van der Waals surface area (Å²) in [5.41, 5.74) is 1.18. The first-order valence-corrected chi connectivity index (χ1v) is 6.71. The minimum atomic E-state index is -1.02. The third-order valence-corrected chi connectivity index (χ3v) is 3.60. The number of hydrogen-bond acceptors (Lipinski definition) is 4. The molecule has 1 aromatic rings.